The number of rotatable bonds is 2. The molecule has 1 amide bonds. The molecule has 0 spiro atoms. The van der Waals surface area contributed by atoms with E-state index in [2.05, 4.69) is 10.3 Å². The molecule has 0 bridgehead atoms. The predicted molar refractivity (Wildman–Crippen MR) is 108 cm³/mol. The van der Waals surface area contributed by atoms with E-state index in [-0.39, 0.29) is 18.9 Å². The van der Waals surface area contributed by atoms with Crippen LogP contribution < -0.4 is 0 Å². The lowest BCUT2D eigenvalue weighted by Gasteiger charge is -2.27. The number of hydrogen-bond donors (Lipinski definition) is 2. The lowest BCUT2D eigenvalue weighted by atomic mass is 9.96. The smallest absolute Gasteiger partial charge is 0.254 e. The van der Waals surface area contributed by atoms with Crippen molar-refractivity contribution in [2.24, 2.45) is 0 Å². The van der Waals surface area contributed by atoms with E-state index in [0.717, 1.165) is 11.3 Å². The van der Waals surface area contributed by atoms with Crippen molar-refractivity contribution in [3.63, 3.8) is 0 Å². The van der Waals surface area contributed by atoms with Gasteiger partial charge in [-0.25, -0.2) is 0 Å². The zero-order chi connectivity index (χ0) is 21.0. The third kappa shape index (κ3) is 3.11. The number of amides is 1. The van der Waals surface area contributed by atoms with Gasteiger partial charge in [-0.3, -0.25) is 9.48 Å². The summed E-state index contributed by atoms with van der Waals surface area (Å²) in [5, 5.41) is 30.0. The Kier molecular flexibility index (Phi) is 4.62. The Balaban J connectivity index is 1.53. The fourth-order valence-electron chi connectivity index (χ4n) is 4.16. The van der Waals surface area contributed by atoms with E-state index in [1.54, 1.807) is 27.8 Å². The monoisotopic (exact) mass is 448 g/mol. The summed E-state index contributed by atoms with van der Waals surface area (Å²) in [6.45, 7) is 0.554. The van der Waals surface area contributed by atoms with Gasteiger partial charge in [-0.1, -0.05) is 28.4 Å². The topological polar surface area (TPSA) is 105 Å². The van der Waals surface area contributed by atoms with E-state index in [4.69, 9.17) is 27.7 Å². The van der Waals surface area contributed by atoms with Crippen LogP contribution in [-0.4, -0.2) is 54.7 Å². The van der Waals surface area contributed by atoms with Gasteiger partial charge in [0.05, 0.1) is 41.1 Å². The van der Waals surface area contributed by atoms with Gasteiger partial charge in [0.15, 0.2) is 0 Å². The van der Waals surface area contributed by atoms with Crippen LogP contribution in [0.3, 0.4) is 0 Å². The summed E-state index contributed by atoms with van der Waals surface area (Å²) in [5.41, 5.74) is 2.80. The molecule has 1 unspecified atom stereocenters. The van der Waals surface area contributed by atoms with Gasteiger partial charge in [0.2, 0.25) is 0 Å². The summed E-state index contributed by atoms with van der Waals surface area (Å²) in [7, 11) is 0. The predicted octanol–water partition coefficient (Wildman–Crippen LogP) is 2.32. The fraction of sp³-hybridized carbons (Fsp3) is 0.350. The number of halogens is 2. The normalized spacial score (nSPS) is 20.3. The van der Waals surface area contributed by atoms with Crippen LogP contribution in [0.25, 0.3) is 11.4 Å². The minimum atomic E-state index is -1.37. The van der Waals surface area contributed by atoms with Crippen LogP contribution in [0, 0.1) is 0 Å². The average molecular weight is 449 g/mol. The van der Waals surface area contributed by atoms with Crippen LogP contribution in [0.15, 0.2) is 29.0 Å². The molecule has 2 aliphatic heterocycles. The number of nitrogens with zero attached hydrogens (tertiary/aromatic N) is 4. The van der Waals surface area contributed by atoms with Crippen molar-refractivity contribution in [2.45, 2.75) is 31.5 Å². The molecule has 10 heteroatoms. The van der Waals surface area contributed by atoms with Gasteiger partial charge in [0, 0.05) is 36.1 Å². The highest BCUT2D eigenvalue weighted by molar-refractivity contribution is 6.42. The van der Waals surface area contributed by atoms with E-state index >= 15 is 0 Å². The third-order valence-corrected chi connectivity index (χ3v) is 6.42. The fourth-order valence-corrected chi connectivity index (χ4v) is 4.46. The van der Waals surface area contributed by atoms with Crippen LogP contribution in [-0.2, 0) is 25.9 Å². The average Bonchev–Trinajstić information content (AvgIpc) is 3.29. The molecule has 1 aromatic carbocycles. The Hall–Kier alpha value is -2.39. The molecule has 0 fully saturated rings. The van der Waals surface area contributed by atoms with Gasteiger partial charge in [0.25, 0.3) is 5.91 Å². The molecule has 0 saturated heterocycles. The largest absolute Gasteiger partial charge is 0.393 e. The molecule has 1 atom stereocenters. The van der Waals surface area contributed by atoms with Crippen molar-refractivity contribution >= 4 is 29.1 Å². The van der Waals surface area contributed by atoms with Crippen LogP contribution in [0.2, 0.25) is 10.0 Å². The van der Waals surface area contributed by atoms with Crippen LogP contribution in [0.5, 0.6) is 0 Å². The number of benzene rings is 1. The molecular weight excluding hydrogens is 431 g/mol. The molecule has 0 aliphatic carbocycles. The Bertz CT molecular complexity index is 1160. The maximum atomic E-state index is 13.1. The minimum absolute atomic E-state index is 0.128. The number of fused-ring (bicyclic) bond motifs is 5. The number of aliphatic hydroxyl groups excluding tert-OH is 1. The maximum Gasteiger partial charge on any atom is 0.254 e. The maximum absolute atomic E-state index is 13.1. The first-order chi connectivity index (χ1) is 14.4. The second kappa shape index (κ2) is 7.09. The summed E-state index contributed by atoms with van der Waals surface area (Å²) in [6.07, 6.45) is 2.24. The SMILES string of the molecule is O=C(c1ccc(Cl)c(Cl)c1)N1CCc2nn3c(c2C1)-c1nocc1CC(O)(CO)C3. The Morgan fingerprint density at radius 1 is 1.30 bits per heavy atom. The van der Waals surface area contributed by atoms with Crippen molar-refractivity contribution in [3.8, 4) is 11.4 Å². The first-order valence-corrected chi connectivity index (χ1v) is 10.2. The summed E-state index contributed by atoms with van der Waals surface area (Å²) < 4.78 is 6.82. The van der Waals surface area contributed by atoms with Gasteiger partial charge in [-0.15, -0.1) is 0 Å². The Morgan fingerprint density at radius 3 is 2.90 bits per heavy atom. The first-order valence-electron chi connectivity index (χ1n) is 9.48. The number of carbonyl (C=O) groups is 1. The highest BCUT2D eigenvalue weighted by atomic mass is 35.5. The molecule has 0 saturated carbocycles. The molecule has 4 heterocycles. The highest BCUT2D eigenvalue weighted by Gasteiger charge is 2.38. The van der Waals surface area contributed by atoms with E-state index in [1.807, 2.05) is 0 Å². The zero-order valence-electron chi connectivity index (χ0n) is 15.8. The van der Waals surface area contributed by atoms with Crippen molar-refractivity contribution in [3.05, 3.63) is 56.9 Å². The van der Waals surface area contributed by atoms with Crippen molar-refractivity contribution in [2.75, 3.05) is 13.2 Å². The van der Waals surface area contributed by atoms with E-state index < -0.39 is 12.2 Å². The van der Waals surface area contributed by atoms with Gasteiger partial charge >= 0.3 is 0 Å². The van der Waals surface area contributed by atoms with E-state index in [9.17, 15) is 15.0 Å². The zero-order valence-corrected chi connectivity index (χ0v) is 17.3. The lowest BCUT2D eigenvalue weighted by Crippen LogP contribution is -2.40. The summed E-state index contributed by atoms with van der Waals surface area (Å²) >= 11 is 12.0. The van der Waals surface area contributed by atoms with Crippen LogP contribution >= 0.6 is 23.2 Å². The molecule has 5 rings (SSSR count). The molecular formula is C20H18Cl2N4O4. The van der Waals surface area contributed by atoms with E-state index in [0.29, 0.717) is 52.1 Å². The van der Waals surface area contributed by atoms with E-state index in [1.165, 1.54) is 6.26 Å². The summed E-state index contributed by atoms with van der Waals surface area (Å²) in [4.78, 5) is 14.8. The summed E-state index contributed by atoms with van der Waals surface area (Å²) in [6, 6.07) is 4.83. The van der Waals surface area contributed by atoms with Crippen molar-refractivity contribution in [1.29, 1.82) is 0 Å². The van der Waals surface area contributed by atoms with Gasteiger partial charge in [-0.05, 0) is 18.2 Å². The number of carbonyl (C=O) groups excluding carboxylic acids is 1. The molecule has 0 radical (unpaired) electrons. The molecule has 30 heavy (non-hydrogen) atoms. The summed E-state index contributed by atoms with van der Waals surface area (Å²) in [5.74, 6) is -0.153. The minimum Gasteiger partial charge on any atom is -0.393 e. The third-order valence-electron chi connectivity index (χ3n) is 5.68. The van der Waals surface area contributed by atoms with Gasteiger partial charge in [0.1, 0.15) is 17.6 Å². The van der Waals surface area contributed by atoms with Crippen LogP contribution in [0.4, 0.5) is 0 Å². The number of hydrogen-bond acceptors (Lipinski definition) is 6. The standard InChI is InChI=1S/C20H18Cl2N4O4/c21-14-2-1-11(5-15(14)22)19(28)25-4-3-16-13(7-25)18-17-12(8-30-24-17)6-20(29,10-27)9-26(18)23-16/h1-2,5,8,27,29H,3-4,6-7,9-10H2. The van der Waals surface area contributed by atoms with Gasteiger partial charge < -0.3 is 19.6 Å². The molecule has 2 aromatic heterocycles. The number of aliphatic hydroxyl groups is 2. The number of aromatic nitrogens is 3. The Labute approximate surface area is 181 Å². The molecule has 2 aliphatic rings. The highest BCUT2D eigenvalue weighted by Crippen LogP contribution is 2.37. The Morgan fingerprint density at radius 2 is 2.13 bits per heavy atom. The quantitative estimate of drug-likeness (QED) is 0.623. The second-order valence-corrected chi connectivity index (χ2v) is 8.60. The van der Waals surface area contributed by atoms with Gasteiger partial charge in [-0.2, -0.15) is 5.10 Å². The van der Waals surface area contributed by atoms with Crippen molar-refractivity contribution < 1.29 is 19.5 Å². The molecule has 3 aromatic rings. The molecule has 8 nitrogen and oxygen atoms in total. The molecule has 2 N–H and O–H groups in total. The van der Waals surface area contributed by atoms with Crippen LogP contribution in [0.1, 0.15) is 27.2 Å². The lowest BCUT2D eigenvalue weighted by molar-refractivity contribution is -0.0287. The molecule has 156 valence electrons. The first kappa shape index (κ1) is 19.6. The second-order valence-electron chi connectivity index (χ2n) is 7.78. The van der Waals surface area contributed by atoms with Crippen molar-refractivity contribution in [1.82, 2.24) is 19.8 Å².